The van der Waals surface area contributed by atoms with Crippen molar-refractivity contribution >= 4 is 27.3 Å². The summed E-state index contributed by atoms with van der Waals surface area (Å²) in [5.41, 5.74) is -0.396. The third-order valence-corrected chi connectivity index (χ3v) is 4.82. The molecule has 0 aliphatic carbocycles. The predicted octanol–water partition coefficient (Wildman–Crippen LogP) is 3.50. The van der Waals surface area contributed by atoms with E-state index in [9.17, 15) is 26.4 Å². The van der Waals surface area contributed by atoms with Crippen LogP contribution in [-0.4, -0.2) is 26.6 Å². The third-order valence-electron chi connectivity index (χ3n) is 3.58. The highest BCUT2D eigenvalue weighted by Crippen LogP contribution is 2.30. The molecule has 0 aromatic heterocycles. The van der Waals surface area contributed by atoms with Gasteiger partial charge in [-0.2, -0.15) is 13.2 Å². The molecule has 0 saturated carbocycles. The fourth-order valence-electron chi connectivity index (χ4n) is 2.37. The Balaban J connectivity index is 2.22. The summed E-state index contributed by atoms with van der Waals surface area (Å²) in [7, 11) is -3.76. The molecule has 0 fully saturated rings. The van der Waals surface area contributed by atoms with Gasteiger partial charge in [-0.25, -0.2) is 8.42 Å². The van der Waals surface area contributed by atoms with Crippen molar-refractivity contribution in [2.75, 3.05) is 15.9 Å². The second-order valence-electron chi connectivity index (χ2n) is 5.63. The van der Waals surface area contributed by atoms with Gasteiger partial charge in [-0.1, -0.05) is 18.2 Å². The van der Waals surface area contributed by atoms with Crippen LogP contribution in [0.5, 0.6) is 0 Å². The summed E-state index contributed by atoms with van der Waals surface area (Å²) in [6.45, 7) is 1.40. The Kier molecular flexibility index (Phi) is 5.60. The molecule has 26 heavy (non-hydrogen) atoms. The smallest absolute Gasteiger partial charge is 0.324 e. The van der Waals surface area contributed by atoms with Gasteiger partial charge in [0, 0.05) is 5.69 Å². The van der Waals surface area contributed by atoms with Gasteiger partial charge < -0.3 is 5.32 Å². The van der Waals surface area contributed by atoms with Crippen molar-refractivity contribution in [1.82, 2.24) is 0 Å². The molecule has 0 aliphatic heterocycles. The number of nitrogens with one attached hydrogen (secondary N) is 1. The number of amides is 1. The number of halogens is 3. The van der Waals surface area contributed by atoms with Crippen LogP contribution in [0, 0.1) is 0 Å². The topological polar surface area (TPSA) is 66.5 Å². The summed E-state index contributed by atoms with van der Waals surface area (Å²) in [6.07, 6.45) is -3.50. The number of sulfonamides is 1. The average Bonchev–Trinajstić information content (AvgIpc) is 2.54. The highest BCUT2D eigenvalue weighted by Gasteiger charge is 2.31. The molecule has 2 aromatic carbocycles. The van der Waals surface area contributed by atoms with Gasteiger partial charge >= 0.3 is 6.18 Å². The number of carbonyl (C=O) groups is 1. The number of para-hydroxylation sites is 1. The lowest BCUT2D eigenvalue weighted by molar-refractivity contribution is -0.137. The minimum absolute atomic E-state index is 0.136. The maximum atomic E-state index is 12.6. The third kappa shape index (κ3) is 4.75. The van der Waals surface area contributed by atoms with Gasteiger partial charge in [-0.3, -0.25) is 9.10 Å². The van der Waals surface area contributed by atoms with Gasteiger partial charge in [0.1, 0.15) is 6.04 Å². The van der Waals surface area contributed by atoms with Gasteiger partial charge in [0.05, 0.1) is 17.5 Å². The number of rotatable bonds is 5. The van der Waals surface area contributed by atoms with Crippen LogP contribution < -0.4 is 9.62 Å². The monoisotopic (exact) mass is 386 g/mol. The summed E-state index contributed by atoms with van der Waals surface area (Å²) in [5, 5.41) is 2.43. The molecule has 1 atom stereocenters. The van der Waals surface area contributed by atoms with E-state index in [0.717, 1.165) is 34.8 Å². The van der Waals surface area contributed by atoms with Crippen molar-refractivity contribution in [2.24, 2.45) is 0 Å². The molecule has 1 N–H and O–H groups in total. The standard InChI is InChI=1S/C17H17F3N2O3S/c1-12(22(26(2,24)25)15-6-4-3-5-7-15)16(23)21-14-10-8-13(9-11-14)17(18,19)20/h3-12H,1-2H3,(H,21,23)/t12-/m1/s1. The summed E-state index contributed by atoms with van der Waals surface area (Å²) in [4.78, 5) is 12.4. The molecule has 0 heterocycles. The van der Waals surface area contributed by atoms with Crippen molar-refractivity contribution in [3.63, 3.8) is 0 Å². The Morgan fingerprint density at radius 3 is 2.04 bits per heavy atom. The van der Waals surface area contributed by atoms with Crippen molar-refractivity contribution in [3.8, 4) is 0 Å². The lowest BCUT2D eigenvalue weighted by atomic mass is 10.2. The lowest BCUT2D eigenvalue weighted by Gasteiger charge is -2.28. The Morgan fingerprint density at radius 1 is 1.04 bits per heavy atom. The molecular formula is C17H17F3N2O3S. The van der Waals surface area contributed by atoms with E-state index in [-0.39, 0.29) is 5.69 Å². The molecule has 0 bridgehead atoms. The van der Waals surface area contributed by atoms with Gasteiger partial charge in [0.2, 0.25) is 15.9 Å². The maximum absolute atomic E-state index is 12.6. The van der Waals surface area contributed by atoms with Crippen LogP contribution in [0.1, 0.15) is 12.5 Å². The minimum atomic E-state index is -4.48. The summed E-state index contributed by atoms with van der Waals surface area (Å²) < 4.78 is 62.9. The zero-order chi connectivity index (χ0) is 19.5. The quantitative estimate of drug-likeness (QED) is 0.855. The van der Waals surface area contributed by atoms with Crippen LogP contribution in [0.25, 0.3) is 0 Å². The fourth-order valence-corrected chi connectivity index (χ4v) is 3.55. The van der Waals surface area contributed by atoms with Crippen molar-refractivity contribution in [2.45, 2.75) is 19.1 Å². The van der Waals surface area contributed by atoms with Crippen LogP contribution in [0.2, 0.25) is 0 Å². The molecule has 0 saturated heterocycles. The fraction of sp³-hybridized carbons (Fsp3) is 0.235. The van der Waals surface area contributed by atoms with E-state index in [2.05, 4.69) is 5.32 Å². The second-order valence-corrected chi connectivity index (χ2v) is 7.49. The van der Waals surface area contributed by atoms with E-state index >= 15 is 0 Å². The summed E-state index contributed by atoms with van der Waals surface area (Å²) in [6, 6.07) is 10.9. The molecule has 0 radical (unpaired) electrons. The van der Waals surface area contributed by atoms with Crippen LogP contribution in [0.15, 0.2) is 54.6 Å². The number of alkyl halides is 3. The first-order valence-electron chi connectivity index (χ1n) is 7.53. The van der Waals surface area contributed by atoms with Crippen LogP contribution in [0.4, 0.5) is 24.5 Å². The summed E-state index contributed by atoms with van der Waals surface area (Å²) in [5.74, 6) is -0.668. The predicted molar refractivity (Wildman–Crippen MR) is 93.3 cm³/mol. The van der Waals surface area contributed by atoms with Crippen LogP contribution in [-0.2, 0) is 21.0 Å². The van der Waals surface area contributed by atoms with E-state index in [4.69, 9.17) is 0 Å². The van der Waals surface area contributed by atoms with E-state index < -0.39 is 33.7 Å². The van der Waals surface area contributed by atoms with E-state index in [1.165, 1.54) is 6.92 Å². The molecule has 1 amide bonds. The van der Waals surface area contributed by atoms with Crippen molar-refractivity contribution in [3.05, 3.63) is 60.2 Å². The maximum Gasteiger partial charge on any atom is 0.416 e. The molecule has 2 aromatic rings. The van der Waals surface area contributed by atoms with Gasteiger partial charge in [0.15, 0.2) is 0 Å². The summed E-state index contributed by atoms with van der Waals surface area (Å²) >= 11 is 0. The van der Waals surface area contributed by atoms with Crippen molar-refractivity contribution < 1.29 is 26.4 Å². The minimum Gasteiger partial charge on any atom is -0.324 e. The first-order chi connectivity index (χ1) is 12.0. The number of hydrogen-bond donors (Lipinski definition) is 1. The Bertz CT molecular complexity index is 866. The largest absolute Gasteiger partial charge is 0.416 e. The zero-order valence-electron chi connectivity index (χ0n) is 14.0. The molecule has 0 unspecified atom stereocenters. The van der Waals surface area contributed by atoms with E-state index in [0.29, 0.717) is 5.69 Å². The molecule has 9 heteroatoms. The molecule has 0 spiro atoms. The number of carbonyl (C=O) groups excluding carboxylic acids is 1. The van der Waals surface area contributed by atoms with Crippen LogP contribution >= 0.6 is 0 Å². The number of benzene rings is 2. The van der Waals surface area contributed by atoms with Crippen LogP contribution in [0.3, 0.4) is 0 Å². The molecule has 5 nitrogen and oxygen atoms in total. The molecule has 0 aliphatic rings. The Hall–Kier alpha value is -2.55. The lowest BCUT2D eigenvalue weighted by Crippen LogP contribution is -2.45. The van der Waals surface area contributed by atoms with E-state index in [1.807, 2.05) is 0 Å². The van der Waals surface area contributed by atoms with Gasteiger partial charge in [0.25, 0.3) is 0 Å². The molecule has 140 valence electrons. The number of anilines is 2. The second kappa shape index (κ2) is 7.36. The normalized spacial score (nSPS) is 13.1. The zero-order valence-corrected chi connectivity index (χ0v) is 14.8. The first kappa shape index (κ1) is 19.8. The van der Waals surface area contributed by atoms with Crippen molar-refractivity contribution in [1.29, 1.82) is 0 Å². The Labute approximate surface area is 149 Å². The number of nitrogens with zero attached hydrogens (tertiary/aromatic N) is 1. The highest BCUT2D eigenvalue weighted by molar-refractivity contribution is 7.92. The molecule has 2 rings (SSSR count). The SMILES string of the molecule is C[C@H](C(=O)Nc1ccc(C(F)(F)F)cc1)N(c1ccccc1)S(C)(=O)=O. The first-order valence-corrected chi connectivity index (χ1v) is 9.37. The van der Waals surface area contributed by atoms with Gasteiger partial charge in [-0.15, -0.1) is 0 Å². The van der Waals surface area contributed by atoms with E-state index in [1.54, 1.807) is 30.3 Å². The highest BCUT2D eigenvalue weighted by atomic mass is 32.2. The Morgan fingerprint density at radius 2 is 1.58 bits per heavy atom. The number of hydrogen-bond acceptors (Lipinski definition) is 3. The van der Waals surface area contributed by atoms with Gasteiger partial charge in [-0.05, 0) is 43.3 Å². The average molecular weight is 386 g/mol. The molecular weight excluding hydrogens is 369 g/mol.